The summed E-state index contributed by atoms with van der Waals surface area (Å²) in [5, 5.41) is 12.7. The number of nitrogens with one attached hydrogen (secondary N) is 1. The summed E-state index contributed by atoms with van der Waals surface area (Å²) in [6.45, 7) is 0. The normalized spacial score (nSPS) is 17.0. The Hall–Kier alpha value is -2.84. The van der Waals surface area contributed by atoms with Crippen LogP contribution in [0.3, 0.4) is 0 Å². The van der Waals surface area contributed by atoms with E-state index >= 15 is 0 Å². The van der Waals surface area contributed by atoms with E-state index in [-0.39, 0.29) is 35.7 Å². The van der Waals surface area contributed by atoms with E-state index in [1.807, 2.05) is 0 Å². The van der Waals surface area contributed by atoms with Crippen molar-refractivity contribution >= 4 is 28.5 Å². The monoisotopic (exact) mass is 454 g/mol. The number of tetrazole rings is 1. The molecule has 1 aliphatic heterocycles. The molecule has 1 aliphatic rings. The fourth-order valence-electron chi connectivity index (χ4n) is 2.82. The third-order valence-electron chi connectivity index (χ3n) is 4.09. The fraction of sp³-hybridized carbons (Fsp3) is 0.400. The molecule has 162 valence electrons. The van der Waals surface area contributed by atoms with Gasteiger partial charge in [0.2, 0.25) is 5.95 Å². The molecule has 2 aromatic rings. The molecule has 0 fully saturated rings. The number of benzene rings is 1. The third kappa shape index (κ3) is 4.34. The quantitative estimate of drug-likeness (QED) is 0.703. The maximum absolute atomic E-state index is 13.5. The number of carbonyl (C=O) groups is 2. The van der Waals surface area contributed by atoms with E-state index in [1.165, 1.54) is 7.05 Å². The van der Waals surface area contributed by atoms with E-state index in [1.54, 1.807) is 0 Å². The number of carbonyl (C=O) groups excluding carboxylic acids is 2. The summed E-state index contributed by atoms with van der Waals surface area (Å²) in [4.78, 5) is 23.3. The summed E-state index contributed by atoms with van der Waals surface area (Å²) in [5.74, 6) is -3.56. The number of fused-ring (bicyclic) bond motifs is 1. The highest BCUT2D eigenvalue weighted by Gasteiger charge is 2.41. The summed E-state index contributed by atoms with van der Waals surface area (Å²) in [6.07, 6.45) is -10.1. The van der Waals surface area contributed by atoms with Crippen LogP contribution in [-0.4, -0.2) is 44.0 Å². The van der Waals surface area contributed by atoms with Gasteiger partial charge >= 0.3 is 18.3 Å². The van der Waals surface area contributed by atoms with Crippen LogP contribution >= 0.6 is 0 Å². The van der Waals surface area contributed by atoms with Crippen molar-refractivity contribution in [1.29, 1.82) is 0 Å². The first-order chi connectivity index (χ1) is 13.9. The molecule has 8 nitrogen and oxygen atoms in total. The van der Waals surface area contributed by atoms with Gasteiger partial charge in [0.1, 0.15) is 0 Å². The summed E-state index contributed by atoms with van der Waals surface area (Å²) < 4.78 is 82.6. The molecule has 2 heterocycles. The summed E-state index contributed by atoms with van der Waals surface area (Å²) in [7, 11) is -0.601. The van der Waals surface area contributed by atoms with Crippen LogP contribution in [0.25, 0.3) is 0 Å². The average Bonchev–Trinajstić information content (AvgIpc) is 3.04. The van der Waals surface area contributed by atoms with Crippen molar-refractivity contribution in [1.82, 2.24) is 20.2 Å². The average molecular weight is 454 g/mol. The molecule has 0 saturated heterocycles. The molecule has 1 atom stereocenters. The second kappa shape index (κ2) is 7.77. The molecule has 15 heteroatoms. The van der Waals surface area contributed by atoms with E-state index in [0.29, 0.717) is 6.07 Å². The molecule has 1 aromatic heterocycles. The van der Waals surface area contributed by atoms with Crippen LogP contribution in [0, 0.1) is 0 Å². The molecule has 30 heavy (non-hydrogen) atoms. The SMILES string of the molecule is Cn1nnnc1NC(=O)c1ccc(C(F)(F)F)c2c1CCC/S2=N\C(=O)C(F)(F)F. The van der Waals surface area contributed by atoms with Crippen LogP contribution in [0.4, 0.5) is 32.3 Å². The number of aryl methyl sites for hydroxylation is 1. The first kappa shape index (κ1) is 21.9. The van der Waals surface area contributed by atoms with Gasteiger partial charge in [-0.1, -0.05) is 15.8 Å². The molecule has 0 spiro atoms. The lowest BCUT2D eigenvalue weighted by Gasteiger charge is -2.25. The Morgan fingerprint density at radius 2 is 1.90 bits per heavy atom. The zero-order valence-electron chi connectivity index (χ0n) is 15.0. The first-order valence-electron chi connectivity index (χ1n) is 8.20. The minimum Gasteiger partial charge on any atom is -0.289 e. The van der Waals surface area contributed by atoms with E-state index in [2.05, 4.69) is 25.2 Å². The van der Waals surface area contributed by atoms with Gasteiger partial charge in [0.05, 0.1) is 5.56 Å². The molecule has 0 aliphatic carbocycles. The lowest BCUT2D eigenvalue weighted by molar-refractivity contribution is -0.169. The predicted octanol–water partition coefficient (Wildman–Crippen LogP) is 2.68. The number of rotatable bonds is 2. The van der Waals surface area contributed by atoms with Crippen molar-refractivity contribution in [3.63, 3.8) is 0 Å². The topological polar surface area (TPSA) is 102 Å². The number of amides is 2. The standard InChI is InChI=1S/C15H12F6N6O2S/c1-27-13(23-25-26-27)22-11(28)8-4-5-9(14(16,17)18)10-7(8)3-2-6-30(10)24-12(29)15(19,20)21/h4-5H,2-3,6H2,1H3,(H,22,23,26,28). The molecule has 0 saturated carbocycles. The van der Waals surface area contributed by atoms with E-state index in [4.69, 9.17) is 0 Å². The van der Waals surface area contributed by atoms with Crippen LogP contribution in [0.15, 0.2) is 21.4 Å². The molecule has 1 N–H and O–H groups in total. The predicted molar refractivity (Wildman–Crippen MR) is 90.5 cm³/mol. The molecule has 0 bridgehead atoms. The van der Waals surface area contributed by atoms with Gasteiger partial charge in [-0.3, -0.25) is 14.9 Å². The van der Waals surface area contributed by atoms with Crippen LogP contribution in [-0.2, 0) is 35.1 Å². The molecule has 1 aromatic carbocycles. The van der Waals surface area contributed by atoms with Crippen LogP contribution in [0.2, 0.25) is 0 Å². The van der Waals surface area contributed by atoms with Crippen molar-refractivity contribution in [2.45, 2.75) is 30.1 Å². The van der Waals surface area contributed by atoms with Gasteiger partial charge in [0.15, 0.2) is 0 Å². The van der Waals surface area contributed by atoms with Gasteiger partial charge in [0.25, 0.3) is 5.91 Å². The fourth-order valence-corrected chi connectivity index (χ4v) is 4.86. The summed E-state index contributed by atoms with van der Waals surface area (Å²) in [5.41, 5.74) is -1.52. The van der Waals surface area contributed by atoms with E-state index in [9.17, 15) is 35.9 Å². The minimum absolute atomic E-state index is 0.00169. The highest BCUT2D eigenvalue weighted by molar-refractivity contribution is 7.87. The molecule has 0 radical (unpaired) electrons. The first-order valence-corrected chi connectivity index (χ1v) is 9.55. The van der Waals surface area contributed by atoms with E-state index in [0.717, 1.165) is 10.7 Å². The highest BCUT2D eigenvalue weighted by Crippen LogP contribution is 2.40. The van der Waals surface area contributed by atoms with Crippen LogP contribution in [0.1, 0.15) is 27.9 Å². The Bertz CT molecular complexity index is 1050. The Kier molecular flexibility index (Phi) is 5.66. The van der Waals surface area contributed by atoms with Crippen molar-refractivity contribution < 1.29 is 35.9 Å². The Morgan fingerprint density at radius 3 is 2.47 bits per heavy atom. The zero-order valence-corrected chi connectivity index (χ0v) is 15.8. The number of hydrogen-bond acceptors (Lipinski definition) is 5. The number of nitrogens with zero attached hydrogens (tertiary/aromatic N) is 5. The maximum Gasteiger partial charge on any atom is 0.474 e. The minimum atomic E-state index is -5.31. The number of hydrogen-bond donors (Lipinski definition) is 1. The number of aromatic nitrogens is 4. The molecule has 2 amide bonds. The van der Waals surface area contributed by atoms with Gasteiger partial charge in [-0.15, -0.1) is 0 Å². The van der Waals surface area contributed by atoms with Gasteiger partial charge < -0.3 is 0 Å². The second-order valence-electron chi connectivity index (χ2n) is 6.11. The lowest BCUT2D eigenvalue weighted by atomic mass is 9.98. The van der Waals surface area contributed by atoms with Gasteiger partial charge in [-0.2, -0.15) is 30.7 Å². The second-order valence-corrected chi connectivity index (χ2v) is 7.84. The third-order valence-corrected chi connectivity index (χ3v) is 6.09. The van der Waals surface area contributed by atoms with Gasteiger partial charge in [-0.25, -0.2) is 4.68 Å². The molecule has 3 rings (SSSR count). The Labute approximate surface area is 166 Å². The number of alkyl halides is 6. The van der Waals surface area contributed by atoms with Gasteiger partial charge in [-0.05, 0) is 41.0 Å². The maximum atomic E-state index is 13.5. The van der Waals surface area contributed by atoms with Crippen molar-refractivity contribution in [2.75, 3.05) is 11.1 Å². The number of anilines is 1. The van der Waals surface area contributed by atoms with Crippen molar-refractivity contribution in [3.05, 3.63) is 28.8 Å². The van der Waals surface area contributed by atoms with Crippen LogP contribution in [0.5, 0.6) is 0 Å². The highest BCUT2D eigenvalue weighted by atomic mass is 32.2. The molecule has 1 unspecified atom stereocenters. The largest absolute Gasteiger partial charge is 0.474 e. The Balaban J connectivity index is 2.14. The van der Waals surface area contributed by atoms with Crippen molar-refractivity contribution in [2.24, 2.45) is 11.4 Å². The van der Waals surface area contributed by atoms with Gasteiger partial charge in [0, 0.05) is 23.3 Å². The summed E-state index contributed by atoms with van der Waals surface area (Å²) in [6, 6.07) is 1.53. The zero-order chi connectivity index (χ0) is 22.3. The Morgan fingerprint density at radius 1 is 1.20 bits per heavy atom. The molecular formula is C15H12F6N6O2S. The molecular weight excluding hydrogens is 442 g/mol. The smallest absolute Gasteiger partial charge is 0.289 e. The van der Waals surface area contributed by atoms with Crippen LogP contribution < -0.4 is 5.32 Å². The number of halogens is 6. The lowest BCUT2D eigenvalue weighted by Crippen LogP contribution is -2.26. The van der Waals surface area contributed by atoms with Crippen molar-refractivity contribution in [3.8, 4) is 0 Å². The summed E-state index contributed by atoms with van der Waals surface area (Å²) >= 11 is 0. The van der Waals surface area contributed by atoms with E-state index < -0.39 is 45.3 Å².